The minimum Gasteiger partial charge on any atom is -0.490 e. The molecule has 1 amide bonds. The summed E-state index contributed by atoms with van der Waals surface area (Å²) in [6.07, 6.45) is -2.75. The van der Waals surface area contributed by atoms with Crippen LogP contribution in [0, 0.1) is 11.3 Å². The number of halogens is 3. The maximum Gasteiger partial charge on any atom is 0.291 e. The van der Waals surface area contributed by atoms with Crippen LogP contribution >= 0.6 is 27.3 Å². The molecule has 0 bridgehead atoms. The number of nitrogens with zero attached hydrogens (tertiary/aromatic N) is 3. The third kappa shape index (κ3) is 5.07. The summed E-state index contributed by atoms with van der Waals surface area (Å²) in [5.41, 5.74) is 0.362. The topological polar surface area (TPSA) is 97.1 Å². The van der Waals surface area contributed by atoms with Gasteiger partial charge in [0.25, 0.3) is 12.3 Å². The van der Waals surface area contributed by atoms with Crippen LogP contribution in [0.15, 0.2) is 16.6 Å². The highest BCUT2D eigenvalue weighted by Crippen LogP contribution is 2.36. The zero-order chi connectivity index (χ0) is 18.4. The van der Waals surface area contributed by atoms with Gasteiger partial charge >= 0.3 is 0 Å². The molecular weight excluding hydrogens is 422 g/mol. The molecule has 1 aromatic heterocycles. The number of ether oxygens (including phenoxy) is 2. The highest BCUT2D eigenvalue weighted by molar-refractivity contribution is 9.10. The Hall–Kier alpha value is -2.32. The van der Waals surface area contributed by atoms with Gasteiger partial charge in [-0.05, 0) is 28.9 Å². The number of nitrogens with one attached hydrogen (secondary N) is 1. The van der Waals surface area contributed by atoms with Crippen LogP contribution in [-0.4, -0.2) is 29.3 Å². The third-order valence-electron chi connectivity index (χ3n) is 2.66. The Bertz CT molecular complexity index is 810. The lowest BCUT2D eigenvalue weighted by Gasteiger charge is -2.13. The first-order chi connectivity index (χ1) is 11.9. The second kappa shape index (κ2) is 8.68. The number of hydrogen-bond donors (Lipinski definition) is 1. The molecule has 0 aliphatic heterocycles. The molecule has 0 fully saturated rings. The molecule has 2 aromatic rings. The lowest BCUT2D eigenvalue weighted by molar-refractivity contribution is -0.118. The molecule has 0 saturated heterocycles. The maximum atomic E-state index is 12.4. The molecule has 0 saturated carbocycles. The summed E-state index contributed by atoms with van der Waals surface area (Å²) in [5.74, 6) is -0.0469. The second-order valence-electron chi connectivity index (χ2n) is 4.41. The summed E-state index contributed by atoms with van der Waals surface area (Å²) in [4.78, 5) is 11.9. The zero-order valence-electron chi connectivity index (χ0n) is 12.8. The van der Waals surface area contributed by atoms with Gasteiger partial charge in [-0.25, -0.2) is 8.78 Å². The zero-order valence-corrected chi connectivity index (χ0v) is 15.2. The minimum atomic E-state index is -2.75. The fourth-order valence-corrected chi connectivity index (χ4v) is 2.87. The van der Waals surface area contributed by atoms with Crippen molar-refractivity contribution < 1.29 is 23.0 Å². The number of nitriles is 1. The van der Waals surface area contributed by atoms with Gasteiger partial charge in [-0.3, -0.25) is 10.1 Å². The Morgan fingerprint density at radius 3 is 2.80 bits per heavy atom. The molecule has 1 N–H and O–H groups in total. The van der Waals surface area contributed by atoms with Crippen molar-refractivity contribution in [3.05, 3.63) is 27.2 Å². The van der Waals surface area contributed by atoms with E-state index in [1.165, 1.54) is 12.1 Å². The summed E-state index contributed by atoms with van der Waals surface area (Å²) in [6.45, 7) is 1.69. The van der Waals surface area contributed by atoms with Crippen LogP contribution in [0.5, 0.6) is 11.5 Å². The lowest BCUT2D eigenvalue weighted by Crippen LogP contribution is -2.20. The number of anilines is 1. The predicted octanol–water partition coefficient (Wildman–Crippen LogP) is 3.53. The fourth-order valence-electron chi connectivity index (χ4n) is 1.70. The monoisotopic (exact) mass is 432 g/mol. The van der Waals surface area contributed by atoms with Gasteiger partial charge in [-0.2, -0.15) is 5.26 Å². The summed E-state index contributed by atoms with van der Waals surface area (Å²) >= 11 is 3.83. The Kier molecular flexibility index (Phi) is 6.60. The number of carbonyl (C=O) groups is 1. The molecule has 0 aliphatic rings. The minimum absolute atomic E-state index is 0.0483. The molecule has 0 aliphatic carbocycles. The van der Waals surface area contributed by atoms with Crippen molar-refractivity contribution in [1.82, 2.24) is 10.2 Å². The molecule has 1 aromatic carbocycles. The van der Waals surface area contributed by atoms with Crippen LogP contribution in [0.1, 0.15) is 23.9 Å². The summed E-state index contributed by atoms with van der Waals surface area (Å²) in [6, 6.07) is 4.99. The number of carbonyl (C=O) groups excluding carboxylic acids is 1. The van der Waals surface area contributed by atoms with Crippen LogP contribution in [0.2, 0.25) is 0 Å². The van der Waals surface area contributed by atoms with Crippen LogP contribution in [-0.2, 0) is 4.79 Å². The Balaban J connectivity index is 2.04. The normalized spacial score (nSPS) is 10.4. The van der Waals surface area contributed by atoms with E-state index in [9.17, 15) is 13.6 Å². The first-order valence-corrected chi connectivity index (χ1v) is 8.46. The van der Waals surface area contributed by atoms with Gasteiger partial charge in [0.2, 0.25) is 5.13 Å². The van der Waals surface area contributed by atoms with E-state index in [-0.39, 0.29) is 10.9 Å². The molecular formula is C14H11BrF2N4O3S. The van der Waals surface area contributed by atoms with Gasteiger partial charge in [-0.1, -0.05) is 11.3 Å². The van der Waals surface area contributed by atoms with Crippen LogP contribution in [0.4, 0.5) is 13.9 Å². The number of aromatic nitrogens is 2. The van der Waals surface area contributed by atoms with Crippen molar-refractivity contribution in [3.8, 4) is 17.6 Å². The largest absolute Gasteiger partial charge is 0.490 e. The number of benzene rings is 1. The van der Waals surface area contributed by atoms with Gasteiger partial charge in [-0.15, -0.1) is 10.2 Å². The van der Waals surface area contributed by atoms with Gasteiger partial charge in [0.15, 0.2) is 23.1 Å². The highest BCUT2D eigenvalue weighted by atomic mass is 79.9. The standard InChI is InChI=1S/C14H11BrF2N4O3S/c1-2-23-9-4-7(5-18)3-8(15)11(9)24-6-10(22)19-14-21-20-13(25-14)12(16)17/h3-4,12H,2,6H2,1H3,(H,19,21,22). The SMILES string of the molecule is CCOc1cc(C#N)cc(Br)c1OCC(=O)Nc1nnc(C(F)F)s1. The van der Waals surface area contributed by atoms with Gasteiger partial charge in [0.05, 0.1) is 22.7 Å². The van der Waals surface area contributed by atoms with Crippen molar-refractivity contribution in [2.75, 3.05) is 18.5 Å². The summed E-state index contributed by atoms with van der Waals surface area (Å²) < 4.78 is 36.1. The van der Waals surface area contributed by atoms with E-state index in [1.54, 1.807) is 6.92 Å². The van der Waals surface area contributed by atoms with Gasteiger partial charge in [0, 0.05) is 6.07 Å². The van der Waals surface area contributed by atoms with Crippen molar-refractivity contribution in [3.63, 3.8) is 0 Å². The van der Waals surface area contributed by atoms with Gasteiger partial charge in [0.1, 0.15) is 0 Å². The van der Waals surface area contributed by atoms with E-state index in [2.05, 4.69) is 31.4 Å². The number of hydrogen-bond acceptors (Lipinski definition) is 7. The highest BCUT2D eigenvalue weighted by Gasteiger charge is 2.17. The third-order valence-corrected chi connectivity index (χ3v) is 4.09. The molecule has 11 heteroatoms. The van der Waals surface area contributed by atoms with E-state index in [4.69, 9.17) is 14.7 Å². The first kappa shape index (κ1) is 19.0. The van der Waals surface area contributed by atoms with Crippen molar-refractivity contribution >= 4 is 38.3 Å². The molecule has 1 heterocycles. The first-order valence-electron chi connectivity index (χ1n) is 6.85. The van der Waals surface area contributed by atoms with E-state index < -0.39 is 23.9 Å². The average Bonchev–Trinajstić information content (AvgIpc) is 3.02. The average molecular weight is 433 g/mol. The van der Waals surface area contributed by atoms with Crippen LogP contribution < -0.4 is 14.8 Å². The Morgan fingerprint density at radius 1 is 1.44 bits per heavy atom. The Labute approximate surface area is 153 Å². The fraction of sp³-hybridized carbons (Fsp3) is 0.286. The van der Waals surface area contributed by atoms with Gasteiger partial charge < -0.3 is 9.47 Å². The van der Waals surface area contributed by atoms with Crippen molar-refractivity contribution in [1.29, 1.82) is 5.26 Å². The molecule has 0 atom stereocenters. The molecule has 25 heavy (non-hydrogen) atoms. The number of alkyl halides is 2. The van der Waals surface area contributed by atoms with E-state index >= 15 is 0 Å². The molecule has 132 valence electrons. The van der Waals surface area contributed by atoms with Crippen molar-refractivity contribution in [2.45, 2.75) is 13.3 Å². The maximum absolute atomic E-state index is 12.4. The van der Waals surface area contributed by atoms with E-state index in [0.29, 0.717) is 33.7 Å². The van der Waals surface area contributed by atoms with E-state index in [1.807, 2.05) is 6.07 Å². The van der Waals surface area contributed by atoms with Crippen molar-refractivity contribution in [2.24, 2.45) is 0 Å². The molecule has 2 rings (SSSR count). The van der Waals surface area contributed by atoms with Crippen LogP contribution in [0.25, 0.3) is 0 Å². The summed E-state index contributed by atoms with van der Waals surface area (Å²) in [7, 11) is 0. The number of rotatable bonds is 7. The molecule has 7 nitrogen and oxygen atoms in total. The smallest absolute Gasteiger partial charge is 0.291 e. The molecule has 0 radical (unpaired) electrons. The van der Waals surface area contributed by atoms with Crippen LogP contribution in [0.3, 0.4) is 0 Å². The number of amides is 1. The lowest BCUT2D eigenvalue weighted by atomic mass is 10.2. The quantitative estimate of drug-likeness (QED) is 0.718. The summed E-state index contributed by atoms with van der Waals surface area (Å²) in [5, 5.41) is 17.5. The molecule has 0 spiro atoms. The predicted molar refractivity (Wildman–Crippen MR) is 89.0 cm³/mol. The van der Waals surface area contributed by atoms with E-state index in [0.717, 1.165) is 0 Å². The Morgan fingerprint density at radius 2 is 2.20 bits per heavy atom. The second-order valence-corrected chi connectivity index (χ2v) is 6.28. The molecule has 0 unspecified atom stereocenters.